The van der Waals surface area contributed by atoms with E-state index in [-0.39, 0.29) is 0 Å². The molecule has 0 spiro atoms. The number of aliphatic carboxylic acids is 1. The zero-order valence-corrected chi connectivity index (χ0v) is 11.7. The third-order valence-electron chi connectivity index (χ3n) is 2.41. The molecule has 0 atom stereocenters. The van der Waals surface area contributed by atoms with Gasteiger partial charge in [-0.1, -0.05) is 28.1 Å². The van der Waals surface area contributed by atoms with Gasteiger partial charge in [-0.15, -0.1) is 23.5 Å². The summed E-state index contributed by atoms with van der Waals surface area (Å²) in [6, 6.07) is 7.58. The molecule has 0 radical (unpaired) electrons. The largest absolute Gasteiger partial charge is 0.479 e. The molecule has 2 rings (SSSR count). The topological polar surface area (TPSA) is 37.3 Å². The molecular formula is C11H11BrO2S2. The lowest BCUT2D eigenvalue weighted by Crippen LogP contribution is -2.32. The number of halogens is 1. The Bertz CT molecular complexity index is 385. The van der Waals surface area contributed by atoms with E-state index in [4.69, 9.17) is 0 Å². The minimum Gasteiger partial charge on any atom is -0.479 e. The van der Waals surface area contributed by atoms with E-state index >= 15 is 0 Å². The molecule has 0 aromatic heterocycles. The molecule has 86 valence electrons. The molecule has 0 saturated carbocycles. The summed E-state index contributed by atoms with van der Waals surface area (Å²) in [5, 5.41) is 9.46. The molecular weight excluding hydrogens is 308 g/mol. The van der Waals surface area contributed by atoms with Gasteiger partial charge in [0, 0.05) is 4.47 Å². The van der Waals surface area contributed by atoms with Crippen molar-refractivity contribution in [2.75, 3.05) is 11.5 Å². The van der Waals surface area contributed by atoms with Crippen molar-refractivity contribution in [1.82, 2.24) is 0 Å². The first kappa shape index (κ1) is 12.3. The highest BCUT2D eigenvalue weighted by Crippen LogP contribution is 2.50. The Labute approximate surface area is 111 Å². The van der Waals surface area contributed by atoms with E-state index in [1.165, 1.54) is 23.5 Å². The second-order valence-corrected chi connectivity index (χ2v) is 7.27. The lowest BCUT2D eigenvalue weighted by Gasteiger charge is -2.32. The van der Waals surface area contributed by atoms with E-state index in [1.807, 2.05) is 24.3 Å². The van der Waals surface area contributed by atoms with Crippen molar-refractivity contribution in [2.24, 2.45) is 0 Å². The Morgan fingerprint density at radius 3 is 2.31 bits per heavy atom. The summed E-state index contributed by atoms with van der Waals surface area (Å²) in [6.07, 6.45) is 1.08. The van der Waals surface area contributed by atoms with Gasteiger partial charge in [-0.3, -0.25) is 0 Å². The van der Waals surface area contributed by atoms with Crippen LogP contribution in [0.25, 0.3) is 0 Å². The molecule has 1 N–H and O–H groups in total. The zero-order chi connectivity index (χ0) is 11.6. The third kappa shape index (κ3) is 2.26. The summed E-state index contributed by atoms with van der Waals surface area (Å²) in [7, 11) is 0. The van der Waals surface area contributed by atoms with Crippen LogP contribution in [0.3, 0.4) is 0 Å². The summed E-state index contributed by atoms with van der Waals surface area (Å²) in [5.41, 5.74) is 0.873. The van der Waals surface area contributed by atoms with Gasteiger partial charge < -0.3 is 5.11 Å². The molecule has 1 aromatic carbocycles. The molecule has 1 fully saturated rings. The van der Waals surface area contributed by atoms with Crippen molar-refractivity contribution in [3.63, 3.8) is 0 Å². The molecule has 1 saturated heterocycles. The molecule has 1 aromatic rings. The first-order chi connectivity index (χ1) is 7.65. The van der Waals surface area contributed by atoms with Crippen LogP contribution in [0.5, 0.6) is 0 Å². The van der Waals surface area contributed by atoms with Gasteiger partial charge in [-0.25, -0.2) is 4.79 Å². The summed E-state index contributed by atoms with van der Waals surface area (Å²) >= 11 is 6.41. The number of benzene rings is 1. The van der Waals surface area contributed by atoms with Crippen molar-refractivity contribution in [2.45, 2.75) is 10.5 Å². The lowest BCUT2D eigenvalue weighted by molar-refractivity contribution is -0.137. The van der Waals surface area contributed by atoms with Gasteiger partial charge in [0.05, 0.1) is 0 Å². The van der Waals surface area contributed by atoms with E-state index in [0.29, 0.717) is 0 Å². The lowest BCUT2D eigenvalue weighted by atomic mass is 10.1. The van der Waals surface area contributed by atoms with Crippen LogP contribution < -0.4 is 0 Å². The number of carboxylic acids is 1. The monoisotopic (exact) mass is 318 g/mol. The van der Waals surface area contributed by atoms with Crippen LogP contribution in [0.2, 0.25) is 0 Å². The molecule has 1 heterocycles. The molecule has 0 aliphatic carbocycles. The van der Waals surface area contributed by atoms with Crippen LogP contribution >= 0.6 is 39.5 Å². The fraction of sp³-hybridized carbons (Fsp3) is 0.364. The van der Waals surface area contributed by atoms with Gasteiger partial charge in [0.15, 0.2) is 4.08 Å². The molecule has 0 unspecified atom stereocenters. The molecule has 16 heavy (non-hydrogen) atoms. The molecule has 0 amide bonds. The minimum atomic E-state index is -0.807. The molecule has 2 nitrogen and oxygen atoms in total. The average molecular weight is 319 g/mol. The third-order valence-corrected chi connectivity index (χ3v) is 6.26. The number of hydrogen-bond acceptors (Lipinski definition) is 3. The first-order valence-electron chi connectivity index (χ1n) is 4.92. The molecule has 1 aliphatic rings. The normalized spacial score (nSPS) is 19.3. The fourth-order valence-electron chi connectivity index (χ4n) is 1.62. The highest BCUT2D eigenvalue weighted by atomic mass is 79.9. The minimum absolute atomic E-state index is 0.746. The Morgan fingerprint density at radius 2 is 1.81 bits per heavy atom. The van der Waals surface area contributed by atoms with E-state index in [0.717, 1.165) is 28.0 Å². The number of hydrogen-bond donors (Lipinski definition) is 1. The maximum absolute atomic E-state index is 11.5. The summed E-state index contributed by atoms with van der Waals surface area (Å²) < 4.78 is 0.168. The summed E-state index contributed by atoms with van der Waals surface area (Å²) in [6.45, 7) is 0. The maximum atomic E-state index is 11.5. The highest BCUT2D eigenvalue weighted by molar-refractivity contribution is 9.10. The smallest absolute Gasteiger partial charge is 0.334 e. The first-order valence-corrected chi connectivity index (χ1v) is 7.69. The molecule has 1 aliphatic heterocycles. The summed E-state index contributed by atoms with van der Waals surface area (Å²) in [4.78, 5) is 11.5. The van der Waals surface area contributed by atoms with Crippen molar-refractivity contribution in [1.29, 1.82) is 0 Å². The Hall–Kier alpha value is -0.130. The second-order valence-electron chi connectivity index (χ2n) is 3.48. The SMILES string of the molecule is O=C(O)C1(c2ccc(Br)cc2)SCCCS1. The number of carbonyl (C=O) groups is 1. The van der Waals surface area contributed by atoms with Crippen LogP contribution in [-0.4, -0.2) is 22.6 Å². The van der Waals surface area contributed by atoms with E-state index in [1.54, 1.807) is 0 Å². The second kappa shape index (κ2) is 5.02. The summed E-state index contributed by atoms with van der Waals surface area (Å²) in [5.74, 6) is 1.08. The van der Waals surface area contributed by atoms with Crippen molar-refractivity contribution >= 4 is 45.4 Å². The predicted octanol–water partition coefficient (Wildman–Crippen LogP) is 3.56. The van der Waals surface area contributed by atoms with Gasteiger partial charge >= 0.3 is 5.97 Å². The fourth-order valence-corrected chi connectivity index (χ4v) is 4.90. The van der Waals surface area contributed by atoms with Gasteiger partial charge in [-0.2, -0.15) is 0 Å². The zero-order valence-electron chi connectivity index (χ0n) is 8.48. The number of carboxylic acid groups (broad SMARTS) is 1. The predicted molar refractivity (Wildman–Crippen MR) is 73.0 cm³/mol. The van der Waals surface area contributed by atoms with Gasteiger partial charge in [-0.05, 0) is 35.6 Å². The quantitative estimate of drug-likeness (QED) is 0.904. The maximum Gasteiger partial charge on any atom is 0.334 e. The average Bonchev–Trinajstić information content (AvgIpc) is 2.30. The van der Waals surface area contributed by atoms with E-state index in [9.17, 15) is 9.90 Å². The van der Waals surface area contributed by atoms with Crippen LogP contribution in [0.4, 0.5) is 0 Å². The molecule has 5 heteroatoms. The Kier molecular flexibility index (Phi) is 3.87. The standard InChI is InChI=1S/C11H11BrO2S2/c12-9-4-2-8(3-5-9)11(10(13)14)15-6-1-7-16-11/h2-5H,1,6-7H2,(H,13,14). The van der Waals surface area contributed by atoms with Crippen LogP contribution in [0.15, 0.2) is 28.7 Å². The number of rotatable bonds is 2. The van der Waals surface area contributed by atoms with Gasteiger partial charge in [0.2, 0.25) is 0 Å². The Morgan fingerprint density at radius 1 is 1.25 bits per heavy atom. The van der Waals surface area contributed by atoms with Crippen molar-refractivity contribution in [3.8, 4) is 0 Å². The van der Waals surface area contributed by atoms with E-state index in [2.05, 4.69) is 15.9 Å². The van der Waals surface area contributed by atoms with Crippen LogP contribution in [0.1, 0.15) is 12.0 Å². The van der Waals surface area contributed by atoms with Gasteiger partial charge in [0.25, 0.3) is 0 Å². The molecule has 0 bridgehead atoms. The number of thioether (sulfide) groups is 2. The Balaban J connectivity index is 2.38. The van der Waals surface area contributed by atoms with Crippen LogP contribution in [0, 0.1) is 0 Å². The van der Waals surface area contributed by atoms with Crippen molar-refractivity contribution in [3.05, 3.63) is 34.3 Å². The van der Waals surface area contributed by atoms with Gasteiger partial charge in [0.1, 0.15) is 0 Å². The highest BCUT2D eigenvalue weighted by Gasteiger charge is 2.43. The van der Waals surface area contributed by atoms with Crippen LogP contribution in [-0.2, 0) is 8.87 Å². The van der Waals surface area contributed by atoms with Crippen molar-refractivity contribution < 1.29 is 9.90 Å². The van der Waals surface area contributed by atoms with E-state index < -0.39 is 10.0 Å².